The van der Waals surface area contributed by atoms with Crippen LogP contribution in [0.5, 0.6) is 0 Å². The third-order valence-electron chi connectivity index (χ3n) is 5.13. The summed E-state index contributed by atoms with van der Waals surface area (Å²) in [7, 11) is 2.23. The Hall–Kier alpha value is -1.81. The minimum atomic E-state index is -0.447. The third-order valence-corrected chi connectivity index (χ3v) is 5.13. The third kappa shape index (κ3) is 2.14. The van der Waals surface area contributed by atoms with Crippen molar-refractivity contribution < 1.29 is 4.39 Å². The Morgan fingerprint density at radius 1 is 1.19 bits per heavy atom. The van der Waals surface area contributed by atoms with Gasteiger partial charge in [-0.3, -0.25) is 9.88 Å². The van der Waals surface area contributed by atoms with Gasteiger partial charge in [0, 0.05) is 48.2 Å². The summed E-state index contributed by atoms with van der Waals surface area (Å²) in [5.74, 6) is 0.116. The Bertz CT molecular complexity index is 673. The van der Waals surface area contributed by atoms with Crippen LogP contribution in [0.2, 0.25) is 0 Å². The van der Waals surface area contributed by atoms with E-state index in [0.29, 0.717) is 12.0 Å². The van der Waals surface area contributed by atoms with Crippen LogP contribution < -0.4 is 0 Å². The van der Waals surface area contributed by atoms with Gasteiger partial charge in [-0.25, -0.2) is 4.98 Å². The van der Waals surface area contributed by atoms with Crippen LogP contribution in [0, 0.1) is 5.95 Å². The SMILES string of the molecule is CN1[C@H]2CC[C@@H]1[C@@H](c1cncc(-c3ccnc(F)c3)c1)C2. The van der Waals surface area contributed by atoms with E-state index >= 15 is 0 Å². The predicted octanol–water partition coefficient (Wildman–Crippen LogP) is 3.23. The molecule has 3 atom stereocenters. The zero-order valence-corrected chi connectivity index (χ0v) is 12.0. The van der Waals surface area contributed by atoms with Crippen molar-refractivity contribution in [1.82, 2.24) is 14.9 Å². The number of aromatic nitrogens is 2. The molecule has 2 aromatic heterocycles. The van der Waals surface area contributed by atoms with E-state index in [4.69, 9.17) is 0 Å². The van der Waals surface area contributed by atoms with E-state index in [2.05, 4.69) is 28.0 Å². The first-order valence-corrected chi connectivity index (χ1v) is 7.51. The van der Waals surface area contributed by atoms with Crippen LogP contribution in [-0.4, -0.2) is 34.0 Å². The molecule has 0 N–H and O–H groups in total. The second-order valence-electron chi connectivity index (χ2n) is 6.18. The summed E-state index contributed by atoms with van der Waals surface area (Å²) >= 11 is 0. The summed E-state index contributed by atoms with van der Waals surface area (Å²) in [6.45, 7) is 0. The molecule has 0 unspecified atom stereocenters. The van der Waals surface area contributed by atoms with Gasteiger partial charge in [-0.15, -0.1) is 0 Å². The molecule has 21 heavy (non-hydrogen) atoms. The summed E-state index contributed by atoms with van der Waals surface area (Å²) in [5.41, 5.74) is 3.09. The second kappa shape index (κ2) is 4.88. The van der Waals surface area contributed by atoms with Gasteiger partial charge in [0.2, 0.25) is 5.95 Å². The minimum absolute atomic E-state index is 0.447. The molecule has 0 aromatic carbocycles. The highest BCUT2D eigenvalue weighted by Crippen LogP contribution is 2.45. The summed E-state index contributed by atoms with van der Waals surface area (Å²) in [4.78, 5) is 10.5. The van der Waals surface area contributed by atoms with Gasteiger partial charge in [0.05, 0.1) is 0 Å². The molecule has 0 aliphatic carbocycles. The summed E-state index contributed by atoms with van der Waals surface area (Å²) in [6, 6.07) is 6.83. The smallest absolute Gasteiger partial charge is 0.213 e. The average Bonchev–Trinajstić information content (AvgIpc) is 3.03. The molecule has 3 nitrogen and oxygen atoms in total. The zero-order valence-electron chi connectivity index (χ0n) is 12.0. The molecule has 2 aliphatic rings. The molecule has 2 aliphatic heterocycles. The van der Waals surface area contributed by atoms with Crippen LogP contribution in [-0.2, 0) is 0 Å². The molecular weight excluding hydrogens is 265 g/mol. The lowest BCUT2D eigenvalue weighted by Gasteiger charge is -2.22. The van der Waals surface area contributed by atoms with E-state index in [1.165, 1.54) is 37.1 Å². The van der Waals surface area contributed by atoms with Gasteiger partial charge < -0.3 is 0 Å². The Kier molecular flexibility index (Phi) is 3.00. The maximum atomic E-state index is 13.3. The lowest BCUT2D eigenvalue weighted by molar-refractivity contribution is 0.307. The molecule has 4 rings (SSSR count). The summed E-state index contributed by atoms with van der Waals surface area (Å²) in [6.07, 6.45) is 9.09. The molecule has 2 bridgehead atoms. The molecule has 0 saturated carbocycles. The number of likely N-dealkylation sites (N-methyl/N-ethyl adjacent to an activating group) is 1. The van der Waals surface area contributed by atoms with Crippen LogP contribution in [0.15, 0.2) is 36.8 Å². The van der Waals surface area contributed by atoms with Crippen molar-refractivity contribution in [1.29, 1.82) is 0 Å². The largest absolute Gasteiger partial charge is 0.300 e. The van der Waals surface area contributed by atoms with E-state index in [-0.39, 0.29) is 0 Å². The van der Waals surface area contributed by atoms with Crippen molar-refractivity contribution in [2.45, 2.75) is 37.3 Å². The number of halogens is 1. The van der Waals surface area contributed by atoms with E-state index in [1.54, 1.807) is 6.20 Å². The summed E-state index contributed by atoms with van der Waals surface area (Å²) < 4.78 is 13.3. The normalized spacial score (nSPS) is 28.2. The fourth-order valence-electron chi connectivity index (χ4n) is 4.02. The van der Waals surface area contributed by atoms with Crippen molar-refractivity contribution in [2.75, 3.05) is 7.05 Å². The first-order chi connectivity index (χ1) is 10.2. The molecular formula is C17H18FN3. The van der Waals surface area contributed by atoms with Gasteiger partial charge in [-0.05, 0) is 49.6 Å². The molecule has 108 valence electrons. The Morgan fingerprint density at radius 3 is 2.81 bits per heavy atom. The Labute approximate surface area is 123 Å². The van der Waals surface area contributed by atoms with Crippen LogP contribution in [0.1, 0.15) is 30.7 Å². The lowest BCUT2D eigenvalue weighted by atomic mass is 9.84. The van der Waals surface area contributed by atoms with Gasteiger partial charge in [0.25, 0.3) is 0 Å². The molecule has 4 heteroatoms. The Morgan fingerprint density at radius 2 is 2.10 bits per heavy atom. The lowest BCUT2D eigenvalue weighted by Crippen LogP contribution is -2.25. The fraction of sp³-hybridized carbons (Fsp3) is 0.412. The van der Waals surface area contributed by atoms with Crippen LogP contribution >= 0.6 is 0 Å². The highest BCUT2D eigenvalue weighted by Gasteiger charge is 2.44. The number of fused-ring (bicyclic) bond motifs is 2. The number of hydrogen-bond acceptors (Lipinski definition) is 3. The fourth-order valence-corrected chi connectivity index (χ4v) is 4.02. The Balaban J connectivity index is 1.68. The van der Waals surface area contributed by atoms with Crippen molar-refractivity contribution >= 4 is 0 Å². The van der Waals surface area contributed by atoms with E-state index in [1.807, 2.05) is 12.3 Å². The van der Waals surface area contributed by atoms with Crippen molar-refractivity contribution in [2.24, 2.45) is 0 Å². The van der Waals surface area contributed by atoms with Gasteiger partial charge >= 0.3 is 0 Å². The molecule has 0 spiro atoms. The van der Waals surface area contributed by atoms with E-state index < -0.39 is 5.95 Å². The van der Waals surface area contributed by atoms with Gasteiger partial charge in [-0.2, -0.15) is 4.39 Å². The quantitative estimate of drug-likeness (QED) is 0.792. The molecule has 0 radical (unpaired) electrons. The molecule has 4 heterocycles. The van der Waals surface area contributed by atoms with E-state index in [0.717, 1.165) is 17.2 Å². The number of nitrogens with zero attached hydrogens (tertiary/aromatic N) is 3. The number of pyridine rings is 2. The van der Waals surface area contributed by atoms with Gasteiger partial charge in [0.15, 0.2) is 0 Å². The molecule has 2 saturated heterocycles. The topological polar surface area (TPSA) is 29.0 Å². The molecule has 0 amide bonds. The zero-order chi connectivity index (χ0) is 14.4. The monoisotopic (exact) mass is 283 g/mol. The second-order valence-corrected chi connectivity index (χ2v) is 6.18. The molecule has 2 fully saturated rings. The van der Waals surface area contributed by atoms with Gasteiger partial charge in [-0.1, -0.05) is 0 Å². The highest BCUT2D eigenvalue weighted by atomic mass is 19.1. The first kappa shape index (κ1) is 12.9. The van der Waals surface area contributed by atoms with Crippen LogP contribution in [0.4, 0.5) is 4.39 Å². The summed E-state index contributed by atoms with van der Waals surface area (Å²) in [5, 5.41) is 0. The maximum Gasteiger partial charge on any atom is 0.213 e. The van der Waals surface area contributed by atoms with Crippen molar-refractivity contribution in [3.8, 4) is 11.1 Å². The number of rotatable bonds is 2. The predicted molar refractivity (Wildman–Crippen MR) is 79.4 cm³/mol. The maximum absolute atomic E-state index is 13.3. The number of hydrogen-bond donors (Lipinski definition) is 0. The first-order valence-electron chi connectivity index (χ1n) is 7.51. The highest BCUT2D eigenvalue weighted by molar-refractivity contribution is 5.62. The van der Waals surface area contributed by atoms with Crippen molar-refractivity contribution in [3.63, 3.8) is 0 Å². The van der Waals surface area contributed by atoms with Crippen molar-refractivity contribution in [3.05, 3.63) is 48.3 Å². The van der Waals surface area contributed by atoms with Gasteiger partial charge in [0.1, 0.15) is 0 Å². The standard InChI is InChI=1S/C17H18FN3/c1-21-14-2-3-16(21)15(8-14)13-6-12(9-19-10-13)11-4-5-20-17(18)7-11/h4-7,9-10,14-16H,2-3,8H2,1H3/t14-,15+,16+/m0/s1. The van der Waals surface area contributed by atoms with Crippen LogP contribution in [0.25, 0.3) is 11.1 Å². The molecule has 2 aromatic rings. The van der Waals surface area contributed by atoms with Crippen LogP contribution in [0.3, 0.4) is 0 Å². The average molecular weight is 283 g/mol. The minimum Gasteiger partial charge on any atom is -0.300 e. The van der Waals surface area contributed by atoms with E-state index in [9.17, 15) is 4.39 Å².